The third kappa shape index (κ3) is 3.07. The number of H-pyrrole nitrogens is 1. The molecule has 0 radical (unpaired) electrons. The number of nitrogens with zero attached hydrogens (tertiary/aromatic N) is 1. The van der Waals surface area contributed by atoms with E-state index in [4.69, 9.17) is 4.42 Å². The molecule has 25 heavy (non-hydrogen) atoms. The van der Waals surface area contributed by atoms with E-state index in [9.17, 15) is 13.2 Å². The van der Waals surface area contributed by atoms with Crippen LogP contribution in [0.2, 0.25) is 0 Å². The number of para-hydroxylation sites is 1. The highest BCUT2D eigenvalue weighted by atomic mass is 32.2. The van der Waals surface area contributed by atoms with Crippen molar-refractivity contribution in [2.24, 2.45) is 0 Å². The van der Waals surface area contributed by atoms with Crippen LogP contribution in [0.15, 0.2) is 53.3 Å². The van der Waals surface area contributed by atoms with Gasteiger partial charge in [0.15, 0.2) is 9.84 Å². The summed E-state index contributed by atoms with van der Waals surface area (Å²) in [6, 6.07) is 11.1. The molecule has 1 fully saturated rings. The Kier molecular flexibility index (Phi) is 3.88. The van der Waals surface area contributed by atoms with Crippen LogP contribution >= 0.6 is 0 Å². The largest absolute Gasteiger partial charge is 0.468 e. The highest BCUT2D eigenvalue weighted by Gasteiger charge is 2.39. The molecular formula is C18H18N2O4S. The van der Waals surface area contributed by atoms with Crippen molar-refractivity contribution in [3.63, 3.8) is 0 Å². The number of benzene rings is 1. The van der Waals surface area contributed by atoms with Gasteiger partial charge in [-0.2, -0.15) is 0 Å². The SMILES string of the molecule is O=C(Cc1c[nH]c2ccccc12)N1CC(S(=O)(=O)Cc2ccco2)C1. The van der Waals surface area contributed by atoms with E-state index in [1.54, 1.807) is 17.0 Å². The smallest absolute Gasteiger partial charge is 0.227 e. The lowest BCUT2D eigenvalue weighted by Gasteiger charge is -2.38. The van der Waals surface area contributed by atoms with Crippen LogP contribution in [0.3, 0.4) is 0 Å². The van der Waals surface area contributed by atoms with Crippen molar-refractivity contribution >= 4 is 26.6 Å². The average Bonchev–Trinajstić information content (AvgIpc) is 3.15. The van der Waals surface area contributed by atoms with E-state index >= 15 is 0 Å². The van der Waals surface area contributed by atoms with Gasteiger partial charge in [-0.05, 0) is 23.8 Å². The Hall–Kier alpha value is -2.54. The Labute approximate surface area is 145 Å². The Morgan fingerprint density at radius 3 is 2.76 bits per heavy atom. The van der Waals surface area contributed by atoms with Crippen molar-refractivity contribution in [3.8, 4) is 0 Å². The van der Waals surface area contributed by atoms with Crippen molar-refractivity contribution in [2.75, 3.05) is 13.1 Å². The Bertz CT molecular complexity index is 999. The number of nitrogens with one attached hydrogen (secondary N) is 1. The summed E-state index contributed by atoms with van der Waals surface area (Å²) < 4.78 is 29.8. The number of likely N-dealkylation sites (tertiary alicyclic amines) is 1. The lowest BCUT2D eigenvalue weighted by molar-refractivity contribution is -0.133. The fourth-order valence-electron chi connectivity index (χ4n) is 3.13. The molecule has 0 atom stereocenters. The van der Waals surface area contributed by atoms with Crippen molar-refractivity contribution < 1.29 is 17.6 Å². The Morgan fingerprint density at radius 2 is 2.00 bits per heavy atom. The van der Waals surface area contributed by atoms with E-state index in [0.29, 0.717) is 5.76 Å². The fraction of sp³-hybridized carbons (Fsp3) is 0.278. The van der Waals surface area contributed by atoms with E-state index < -0.39 is 15.1 Å². The van der Waals surface area contributed by atoms with Crippen LogP contribution in [0, 0.1) is 0 Å². The number of hydrogen-bond donors (Lipinski definition) is 1. The number of aromatic amines is 1. The second-order valence-electron chi connectivity index (χ2n) is 6.34. The third-order valence-corrected chi connectivity index (χ3v) is 6.65. The highest BCUT2D eigenvalue weighted by Crippen LogP contribution is 2.23. The van der Waals surface area contributed by atoms with Gasteiger partial charge in [0.2, 0.25) is 5.91 Å². The van der Waals surface area contributed by atoms with Gasteiger partial charge in [-0.25, -0.2) is 8.42 Å². The molecule has 1 aromatic carbocycles. The van der Waals surface area contributed by atoms with E-state index in [2.05, 4.69) is 4.98 Å². The van der Waals surface area contributed by atoms with Crippen molar-refractivity contribution in [1.29, 1.82) is 0 Å². The zero-order chi connectivity index (χ0) is 17.4. The zero-order valence-corrected chi connectivity index (χ0v) is 14.3. The van der Waals surface area contributed by atoms with Gasteiger partial charge >= 0.3 is 0 Å². The second-order valence-corrected chi connectivity index (χ2v) is 8.62. The van der Waals surface area contributed by atoms with Crippen molar-refractivity contribution in [1.82, 2.24) is 9.88 Å². The molecule has 1 amide bonds. The number of fused-ring (bicyclic) bond motifs is 1. The number of rotatable bonds is 5. The van der Waals surface area contributed by atoms with Crippen molar-refractivity contribution in [2.45, 2.75) is 17.4 Å². The Morgan fingerprint density at radius 1 is 1.20 bits per heavy atom. The number of hydrogen-bond acceptors (Lipinski definition) is 4. The molecule has 1 aliphatic rings. The van der Waals surface area contributed by atoms with Crippen LogP contribution in [-0.2, 0) is 26.8 Å². The number of carbonyl (C=O) groups excluding carboxylic acids is 1. The summed E-state index contributed by atoms with van der Waals surface area (Å²) in [6.45, 7) is 0.508. The van der Waals surface area contributed by atoms with Gasteiger partial charge in [0.1, 0.15) is 11.5 Å². The monoisotopic (exact) mass is 358 g/mol. The summed E-state index contributed by atoms with van der Waals surface area (Å²) in [7, 11) is -3.30. The minimum Gasteiger partial charge on any atom is -0.468 e. The van der Waals surface area contributed by atoms with Gasteiger partial charge in [-0.15, -0.1) is 0 Å². The maximum Gasteiger partial charge on any atom is 0.227 e. The molecule has 6 nitrogen and oxygen atoms in total. The first kappa shape index (κ1) is 16.0. The van der Waals surface area contributed by atoms with Crippen LogP contribution < -0.4 is 0 Å². The topological polar surface area (TPSA) is 83.4 Å². The van der Waals surface area contributed by atoms with Gasteiger partial charge in [0.05, 0.1) is 17.9 Å². The quantitative estimate of drug-likeness (QED) is 0.757. The van der Waals surface area contributed by atoms with Gasteiger partial charge in [-0.1, -0.05) is 18.2 Å². The molecule has 2 aromatic heterocycles. The molecule has 0 aliphatic carbocycles. The predicted octanol–water partition coefficient (Wildman–Crippen LogP) is 2.13. The van der Waals surface area contributed by atoms with Crippen LogP contribution in [0.1, 0.15) is 11.3 Å². The maximum atomic E-state index is 12.4. The first-order chi connectivity index (χ1) is 12.0. The molecule has 4 rings (SSSR count). The normalized spacial score (nSPS) is 15.4. The molecule has 1 N–H and O–H groups in total. The summed E-state index contributed by atoms with van der Waals surface area (Å²) in [5, 5.41) is 0.517. The summed E-state index contributed by atoms with van der Waals surface area (Å²) in [5.41, 5.74) is 1.93. The zero-order valence-electron chi connectivity index (χ0n) is 13.5. The van der Waals surface area contributed by atoms with Gasteiger partial charge in [0, 0.05) is 30.2 Å². The summed E-state index contributed by atoms with van der Waals surface area (Å²) in [6.07, 6.45) is 3.57. The molecule has 0 unspecified atom stereocenters. The van der Waals surface area contributed by atoms with E-state index in [1.807, 2.05) is 30.5 Å². The van der Waals surface area contributed by atoms with E-state index in [1.165, 1.54) is 6.26 Å². The maximum absolute atomic E-state index is 12.4. The predicted molar refractivity (Wildman–Crippen MR) is 93.7 cm³/mol. The molecule has 1 aliphatic heterocycles. The van der Waals surface area contributed by atoms with Gasteiger partial charge < -0.3 is 14.3 Å². The fourth-order valence-corrected chi connectivity index (χ4v) is 4.74. The number of amides is 1. The van der Waals surface area contributed by atoms with Crippen LogP contribution in [-0.4, -0.2) is 42.5 Å². The highest BCUT2D eigenvalue weighted by molar-refractivity contribution is 7.91. The standard InChI is InChI=1S/C18H18N2O4S/c21-18(8-13-9-19-17-6-2-1-5-16(13)17)20-10-15(11-20)25(22,23)12-14-4-3-7-24-14/h1-7,9,15,19H,8,10-12H2. The molecule has 130 valence electrons. The lowest BCUT2D eigenvalue weighted by atomic mass is 10.1. The number of aromatic nitrogens is 1. The first-order valence-electron chi connectivity index (χ1n) is 8.09. The molecule has 1 saturated heterocycles. The van der Waals surface area contributed by atoms with Gasteiger partial charge in [-0.3, -0.25) is 4.79 Å². The van der Waals surface area contributed by atoms with E-state index in [0.717, 1.165) is 16.5 Å². The summed E-state index contributed by atoms with van der Waals surface area (Å²) in [5.74, 6) is 0.271. The van der Waals surface area contributed by atoms with Crippen LogP contribution in [0.25, 0.3) is 10.9 Å². The average molecular weight is 358 g/mol. The first-order valence-corrected chi connectivity index (χ1v) is 9.81. The lowest BCUT2D eigenvalue weighted by Crippen LogP contribution is -2.57. The minimum atomic E-state index is -3.30. The molecule has 0 bridgehead atoms. The minimum absolute atomic E-state index is 0.0470. The molecule has 3 heterocycles. The van der Waals surface area contributed by atoms with Gasteiger partial charge in [0.25, 0.3) is 0 Å². The number of furan rings is 1. The molecular weight excluding hydrogens is 340 g/mol. The molecule has 7 heteroatoms. The molecule has 0 saturated carbocycles. The summed E-state index contributed by atoms with van der Waals surface area (Å²) in [4.78, 5) is 17.2. The third-order valence-electron chi connectivity index (χ3n) is 4.65. The number of carbonyl (C=O) groups is 1. The molecule has 3 aromatic rings. The second kappa shape index (κ2) is 6.07. The van der Waals surface area contributed by atoms with Crippen LogP contribution in [0.5, 0.6) is 0 Å². The number of sulfone groups is 1. The Balaban J connectivity index is 1.38. The van der Waals surface area contributed by atoms with Crippen molar-refractivity contribution in [3.05, 3.63) is 60.2 Å². The van der Waals surface area contributed by atoms with E-state index in [-0.39, 0.29) is 31.2 Å². The molecule has 0 spiro atoms. The van der Waals surface area contributed by atoms with Crippen LogP contribution in [0.4, 0.5) is 0 Å². The summed E-state index contributed by atoms with van der Waals surface area (Å²) >= 11 is 0.